The van der Waals surface area contributed by atoms with Gasteiger partial charge in [-0.2, -0.15) is 0 Å². The van der Waals surface area contributed by atoms with Crippen LogP contribution in [0, 0.1) is 0 Å². The van der Waals surface area contributed by atoms with Gasteiger partial charge in [-0.25, -0.2) is 4.99 Å². The van der Waals surface area contributed by atoms with E-state index in [4.69, 9.17) is 9.73 Å². The Bertz CT molecular complexity index is 1560. The van der Waals surface area contributed by atoms with Crippen LogP contribution in [0.3, 0.4) is 0 Å². The van der Waals surface area contributed by atoms with E-state index in [1.807, 2.05) is 34.9 Å². The number of allylic oxidation sites excluding steroid dienone is 1. The first kappa shape index (κ1) is 19.9. The van der Waals surface area contributed by atoms with Crippen molar-refractivity contribution in [3.05, 3.63) is 121 Å². The molecule has 162 valence electrons. The van der Waals surface area contributed by atoms with Crippen LogP contribution in [-0.2, 0) is 6.42 Å². The lowest BCUT2D eigenvalue weighted by Crippen LogP contribution is -2.38. The van der Waals surface area contributed by atoms with Crippen LogP contribution in [0.2, 0.25) is 0 Å². The highest BCUT2D eigenvalue weighted by Crippen LogP contribution is 2.41. The first-order valence-electron chi connectivity index (χ1n) is 10.9. The molecular formula is C27H21N3O2S. The Kier molecular flexibility index (Phi) is 4.80. The summed E-state index contributed by atoms with van der Waals surface area (Å²) in [4.78, 5) is 23.5. The number of aromatic nitrogens is 2. The van der Waals surface area contributed by atoms with Gasteiger partial charge in [-0.1, -0.05) is 47.7 Å². The summed E-state index contributed by atoms with van der Waals surface area (Å²) >= 11 is 1.44. The molecule has 0 bridgehead atoms. The van der Waals surface area contributed by atoms with Gasteiger partial charge in [0.05, 0.1) is 23.4 Å². The average Bonchev–Trinajstić information content (AvgIpc) is 3.18. The molecule has 1 atom stereocenters. The topological polar surface area (TPSA) is 56.5 Å². The Labute approximate surface area is 194 Å². The molecule has 4 aromatic rings. The van der Waals surface area contributed by atoms with E-state index in [9.17, 15) is 4.79 Å². The molecule has 2 aliphatic rings. The van der Waals surface area contributed by atoms with Crippen LogP contribution in [0.15, 0.2) is 88.4 Å². The minimum Gasteiger partial charge on any atom is -0.497 e. The monoisotopic (exact) mass is 451 g/mol. The smallest absolute Gasteiger partial charge is 0.271 e. The zero-order chi connectivity index (χ0) is 22.4. The second kappa shape index (κ2) is 7.98. The second-order valence-electron chi connectivity index (χ2n) is 8.17. The van der Waals surface area contributed by atoms with E-state index in [-0.39, 0.29) is 11.6 Å². The minimum absolute atomic E-state index is 0.0122. The van der Waals surface area contributed by atoms with E-state index < -0.39 is 0 Å². The van der Waals surface area contributed by atoms with E-state index in [2.05, 4.69) is 41.4 Å². The van der Waals surface area contributed by atoms with Gasteiger partial charge in [0, 0.05) is 18.0 Å². The summed E-state index contributed by atoms with van der Waals surface area (Å²) in [6.07, 6.45) is 7.21. The van der Waals surface area contributed by atoms with E-state index in [1.54, 1.807) is 19.5 Å². The predicted octanol–water partition coefficient (Wildman–Crippen LogP) is 3.72. The number of hydrogen-bond acceptors (Lipinski definition) is 5. The van der Waals surface area contributed by atoms with Gasteiger partial charge in [0.25, 0.3) is 5.56 Å². The molecule has 2 aromatic heterocycles. The van der Waals surface area contributed by atoms with Crippen molar-refractivity contribution in [1.82, 2.24) is 9.55 Å². The molecule has 3 heterocycles. The van der Waals surface area contributed by atoms with E-state index >= 15 is 0 Å². The normalized spacial score (nSPS) is 17.1. The van der Waals surface area contributed by atoms with Crippen LogP contribution in [0.4, 0.5) is 0 Å². The number of hydrogen-bond donors (Lipinski definition) is 0. The largest absolute Gasteiger partial charge is 0.497 e. The zero-order valence-electron chi connectivity index (χ0n) is 18.1. The van der Waals surface area contributed by atoms with Crippen molar-refractivity contribution < 1.29 is 4.74 Å². The van der Waals surface area contributed by atoms with Crippen molar-refractivity contribution in [1.29, 1.82) is 0 Å². The number of pyridine rings is 1. The van der Waals surface area contributed by atoms with Gasteiger partial charge in [-0.3, -0.25) is 14.3 Å². The second-order valence-corrected chi connectivity index (χ2v) is 9.18. The van der Waals surface area contributed by atoms with Crippen LogP contribution in [-0.4, -0.2) is 16.7 Å². The molecule has 1 aliphatic carbocycles. The third-order valence-electron chi connectivity index (χ3n) is 6.31. The van der Waals surface area contributed by atoms with Gasteiger partial charge in [0.2, 0.25) is 0 Å². The fourth-order valence-corrected chi connectivity index (χ4v) is 5.72. The lowest BCUT2D eigenvalue weighted by atomic mass is 9.83. The molecule has 0 N–H and O–H groups in total. The Hall–Kier alpha value is -3.77. The molecule has 0 unspecified atom stereocenters. The van der Waals surface area contributed by atoms with Crippen LogP contribution in [0.25, 0.3) is 11.8 Å². The molecule has 2 aromatic carbocycles. The highest BCUT2D eigenvalue weighted by molar-refractivity contribution is 7.07. The van der Waals surface area contributed by atoms with Crippen LogP contribution in [0.5, 0.6) is 5.75 Å². The predicted molar refractivity (Wildman–Crippen MR) is 130 cm³/mol. The standard InChI is InChI=1S/C27H21N3O2S/c1-32-20-9-6-19(7-10-20)25-22-11-8-18-4-2-3-5-21(18)24(22)29-27-30(25)26(31)23(33-27)16-17-12-14-28-15-13-17/h2-7,9-10,12-16,25H,8,11H2,1H3/b23-16-/t25-/m0/s1. The zero-order valence-corrected chi connectivity index (χ0v) is 18.9. The van der Waals surface area contributed by atoms with Crippen molar-refractivity contribution in [2.75, 3.05) is 7.11 Å². The molecule has 33 heavy (non-hydrogen) atoms. The summed E-state index contributed by atoms with van der Waals surface area (Å²) in [5, 5.41) is 0. The molecule has 5 nitrogen and oxygen atoms in total. The number of thiazole rings is 1. The highest BCUT2D eigenvalue weighted by atomic mass is 32.1. The summed E-state index contributed by atoms with van der Waals surface area (Å²) in [5.74, 6) is 0.798. The molecule has 0 saturated heterocycles. The van der Waals surface area contributed by atoms with Crippen molar-refractivity contribution in [3.63, 3.8) is 0 Å². The average molecular weight is 452 g/mol. The van der Waals surface area contributed by atoms with Crippen LogP contribution < -0.4 is 19.6 Å². The molecule has 0 radical (unpaired) electrons. The van der Waals surface area contributed by atoms with Gasteiger partial charge in [-0.15, -0.1) is 0 Å². The molecule has 0 amide bonds. The quantitative estimate of drug-likeness (QED) is 0.477. The lowest BCUT2D eigenvalue weighted by Gasteiger charge is -2.30. The first-order valence-corrected chi connectivity index (χ1v) is 11.7. The van der Waals surface area contributed by atoms with E-state index in [0.717, 1.165) is 40.2 Å². The molecule has 0 spiro atoms. The number of fused-ring (bicyclic) bond motifs is 3. The molecule has 1 aliphatic heterocycles. The SMILES string of the molecule is COc1ccc([C@H]2C3=C(N=c4s/c(=C\c5ccncc5)c(=O)n42)c2ccccc2CC3)cc1. The Morgan fingerprint density at radius 2 is 1.82 bits per heavy atom. The Morgan fingerprint density at radius 3 is 2.61 bits per heavy atom. The summed E-state index contributed by atoms with van der Waals surface area (Å²) in [5.41, 5.74) is 6.69. The fraction of sp³-hybridized carbons (Fsp3) is 0.148. The maximum Gasteiger partial charge on any atom is 0.271 e. The molecule has 0 saturated carbocycles. The summed E-state index contributed by atoms with van der Waals surface area (Å²) in [7, 11) is 1.66. The van der Waals surface area contributed by atoms with Gasteiger partial charge in [0.15, 0.2) is 4.80 Å². The van der Waals surface area contributed by atoms with Crippen LogP contribution >= 0.6 is 11.3 Å². The summed E-state index contributed by atoms with van der Waals surface area (Å²) < 4.78 is 7.91. The van der Waals surface area contributed by atoms with E-state index in [0.29, 0.717) is 4.53 Å². The van der Waals surface area contributed by atoms with Gasteiger partial charge in [-0.05, 0) is 65.4 Å². The summed E-state index contributed by atoms with van der Waals surface area (Å²) in [6, 6.07) is 20.1. The van der Waals surface area contributed by atoms with Crippen molar-refractivity contribution in [2.45, 2.75) is 18.9 Å². The highest BCUT2D eigenvalue weighted by Gasteiger charge is 2.32. The third-order valence-corrected chi connectivity index (χ3v) is 7.29. The first-order chi connectivity index (χ1) is 16.2. The van der Waals surface area contributed by atoms with Crippen molar-refractivity contribution >= 4 is 23.1 Å². The van der Waals surface area contributed by atoms with Gasteiger partial charge >= 0.3 is 0 Å². The van der Waals surface area contributed by atoms with Gasteiger partial charge < -0.3 is 4.74 Å². The third kappa shape index (κ3) is 3.34. The molecule has 6 rings (SSSR count). The number of aryl methyl sites for hydroxylation is 1. The van der Waals surface area contributed by atoms with E-state index in [1.165, 1.54) is 28.0 Å². The van der Waals surface area contributed by atoms with Gasteiger partial charge in [0.1, 0.15) is 5.75 Å². The number of methoxy groups -OCH3 is 1. The Morgan fingerprint density at radius 1 is 1.03 bits per heavy atom. The molecular weight excluding hydrogens is 430 g/mol. The fourth-order valence-electron chi connectivity index (χ4n) is 4.72. The minimum atomic E-state index is -0.185. The molecule has 6 heteroatoms. The molecule has 0 fully saturated rings. The summed E-state index contributed by atoms with van der Waals surface area (Å²) in [6.45, 7) is 0. The number of nitrogens with zero attached hydrogens (tertiary/aromatic N) is 3. The lowest BCUT2D eigenvalue weighted by molar-refractivity contribution is 0.414. The number of ether oxygens (including phenoxy) is 1. The van der Waals surface area contributed by atoms with Crippen LogP contribution in [0.1, 0.15) is 34.7 Å². The van der Waals surface area contributed by atoms with Crippen molar-refractivity contribution in [2.24, 2.45) is 4.99 Å². The maximum atomic E-state index is 13.7. The maximum absolute atomic E-state index is 13.7. The number of rotatable bonds is 3. The van der Waals surface area contributed by atoms with Crippen molar-refractivity contribution in [3.8, 4) is 5.75 Å². The Balaban J connectivity index is 1.62. The number of benzene rings is 2.